The van der Waals surface area contributed by atoms with Crippen LogP contribution in [0.1, 0.15) is 79.0 Å². The SMILES string of the molecule is CC(C)(C)OC(=O)Oc1c(C(C)(C)C)cc(CC2SCNC2=O)cc1C(C)(C)C. The largest absolute Gasteiger partial charge is 0.514 e. The fourth-order valence-electron chi connectivity index (χ4n) is 3.15. The van der Waals surface area contributed by atoms with Crippen LogP contribution in [0.15, 0.2) is 12.1 Å². The number of hydrogen-bond acceptors (Lipinski definition) is 5. The molecule has 1 atom stereocenters. The molecule has 162 valence electrons. The first-order valence-corrected chi connectivity index (χ1v) is 11.1. The van der Waals surface area contributed by atoms with Crippen LogP contribution >= 0.6 is 11.8 Å². The van der Waals surface area contributed by atoms with Gasteiger partial charge < -0.3 is 14.8 Å². The van der Waals surface area contributed by atoms with Crippen LogP contribution in [0.2, 0.25) is 0 Å². The standard InChI is InChI=1S/C23H35NO4S/c1-21(2,3)15-10-14(12-17-19(25)24-13-29-17)11-16(22(4,5)6)18(15)27-20(26)28-23(7,8)9/h10-11,17H,12-13H2,1-9H3,(H,24,25). The number of thioether (sulfide) groups is 1. The van der Waals surface area contributed by atoms with E-state index in [4.69, 9.17) is 9.47 Å². The van der Waals surface area contributed by atoms with Gasteiger partial charge in [0.15, 0.2) is 0 Å². The van der Waals surface area contributed by atoms with Crippen LogP contribution in [0.25, 0.3) is 0 Å². The Bertz CT molecular complexity index is 747. The Kier molecular flexibility index (Phi) is 6.68. The molecule has 1 aliphatic heterocycles. The zero-order valence-electron chi connectivity index (χ0n) is 19.2. The number of amides is 1. The van der Waals surface area contributed by atoms with Gasteiger partial charge in [0.05, 0.1) is 11.1 Å². The smallest absolute Gasteiger partial charge is 0.428 e. The lowest BCUT2D eigenvalue weighted by molar-refractivity contribution is -0.119. The molecule has 1 fully saturated rings. The van der Waals surface area contributed by atoms with E-state index in [2.05, 4.69) is 59.0 Å². The monoisotopic (exact) mass is 421 g/mol. The van der Waals surface area contributed by atoms with Crippen LogP contribution in [0.4, 0.5) is 4.79 Å². The molecule has 1 heterocycles. The highest BCUT2D eigenvalue weighted by atomic mass is 32.2. The van der Waals surface area contributed by atoms with Crippen molar-refractivity contribution in [2.24, 2.45) is 0 Å². The molecule has 0 aromatic heterocycles. The maximum Gasteiger partial charge on any atom is 0.514 e. The number of hydrogen-bond donors (Lipinski definition) is 1. The van der Waals surface area contributed by atoms with Gasteiger partial charge >= 0.3 is 6.16 Å². The number of carbonyl (C=O) groups excluding carboxylic acids is 2. The zero-order valence-corrected chi connectivity index (χ0v) is 20.0. The predicted octanol–water partition coefficient (Wildman–Crippen LogP) is 5.33. The normalized spacial score (nSPS) is 17.8. The lowest BCUT2D eigenvalue weighted by Gasteiger charge is -2.30. The molecule has 2 rings (SSSR count). The number of ether oxygens (including phenoxy) is 2. The van der Waals surface area contributed by atoms with Crippen molar-refractivity contribution < 1.29 is 19.1 Å². The molecule has 0 saturated carbocycles. The van der Waals surface area contributed by atoms with Crippen molar-refractivity contribution >= 4 is 23.8 Å². The molecule has 0 bridgehead atoms. The summed E-state index contributed by atoms with van der Waals surface area (Å²) >= 11 is 1.63. The Morgan fingerprint density at radius 3 is 1.93 bits per heavy atom. The van der Waals surface area contributed by atoms with Crippen LogP contribution in [-0.4, -0.2) is 28.8 Å². The van der Waals surface area contributed by atoms with Gasteiger partial charge in [0.2, 0.25) is 5.91 Å². The molecule has 6 heteroatoms. The number of nitrogens with one attached hydrogen (secondary N) is 1. The van der Waals surface area contributed by atoms with Crippen LogP contribution in [0.5, 0.6) is 5.75 Å². The first-order chi connectivity index (χ1) is 13.1. The van der Waals surface area contributed by atoms with Gasteiger partial charge in [0, 0.05) is 11.1 Å². The molecule has 0 spiro atoms. The van der Waals surface area contributed by atoms with E-state index in [0.29, 0.717) is 18.0 Å². The summed E-state index contributed by atoms with van der Waals surface area (Å²) in [5.41, 5.74) is 1.82. The van der Waals surface area contributed by atoms with Gasteiger partial charge in [-0.1, -0.05) is 53.7 Å². The van der Waals surface area contributed by atoms with E-state index < -0.39 is 11.8 Å². The topological polar surface area (TPSA) is 64.6 Å². The third-order valence-corrected chi connectivity index (χ3v) is 5.68. The van der Waals surface area contributed by atoms with Crippen molar-refractivity contribution in [3.8, 4) is 5.75 Å². The molecule has 1 unspecified atom stereocenters. The van der Waals surface area contributed by atoms with Gasteiger partial charge in [0.25, 0.3) is 0 Å². The summed E-state index contributed by atoms with van der Waals surface area (Å²) in [6.07, 6.45) is -0.0537. The quantitative estimate of drug-likeness (QED) is 0.528. The predicted molar refractivity (Wildman–Crippen MR) is 119 cm³/mol. The van der Waals surface area contributed by atoms with Crippen LogP contribution in [-0.2, 0) is 26.8 Å². The minimum atomic E-state index is -0.702. The average molecular weight is 422 g/mol. The third kappa shape index (κ3) is 6.39. The van der Waals surface area contributed by atoms with Gasteiger partial charge in [-0.25, -0.2) is 4.79 Å². The Hall–Kier alpha value is -1.69. The van der Waals surface area contributed by atoms with Gasteiger partial charge in [0.1, 0.15) is 11.4 Å². The van der Waals surface area contributed by atoms with Crippen molar-refractivity contribution in [1.29, 1.82) is 0 Å². The van der Waals surface area contributed by atoms with Crippen LogP contribution in [0.3, 0.4) is 0 Å². The van der Waals surface area contributed by atoms with Crippen LogP contribution < -0.4 is 10.1 Å². The second-order valence-electron chi connectivity index (χ2n) is 10.6. The first-order valence-electron chi connectivity index (χ1n) is 10.1. The summed E-state index contributed by atoms with van der Waals surface area (Å²) in [7, 11) is 0. The molecular weight excluding hydrogens is 386 g/mol. The summed E-state index contributed by atoms with van der Waals surface area (Å²) in [5.74, 6) is 1.30. The van der Waals surface area contributed by atoms with Crippen LogP contribution in [0, 0.1) is 0 Å². The van der Waals surface area contributed by atoms with Crippen molar-refractivity contribution in [2.75, 3.05) is 5.88 Å². The maximum absolute atomic E-state index is 12.5. The number of rotatable bonds is 3. The molecular formula is C23H35NO4S. The van der Waals surface area contributed by atoms with E-state index in [9.17, 15) is 9.59 Å². The van der Waals surface area contributed by atoms with E-state index in [1.165, 1.54) is 0 Å². The number of carbonyl (C=O) groups is 2. The maximum atomic E-state index is 12.5. The average Bonchev–Trinajstić information content (AvgIpc) is 2.89. The van der Waals surface area contributed by atoms with E-state index in [0.717, 1.165) is 16.7 Å². The summed E-state index contributed by atoms with van der Waals surface area (Å²) < 4.78 is 11.2. The van der Waals surface area contributed by atoms with Crippen molar-refractivity contribution in [3.05, 3.63) is 28.8 Å². The lowest BCUT2D eigenvalue weighted by Crippen LogP contribution is -2.29. The molecule has 1 saturated heterocycles. The molecule has 0 radical (unpaired) electrons. The minimum Gasteiger partial charge on any atom is -0.428 e. The number of benzene rings is 1. The van der Waals surface area contributed by atoms with Gasteiger partial charge in [-0.15, -0.1) is 11.8 Å². The molecule has 5 nitrogen and oxygen atoms in total. The zero-order chi connectivity index (χ0) is 22.2. The molecule has 0 aliphatic carbocycles. The van der Waals surface area contributed by atoms with Crippen molar-refractivity contribution in [2.45, 2.75) is 90.4 Å². The Morgan fingerprint density at radius 2 is 1.55 bits per heavy atom. The Balaban J connectivity index is 2.54. The van der Waals surface area contributed by atoms with Gasteiger partial charge in [-0.05, 0) is 43.6 Å². The fraction of sp³-hybridized carbons (Fsp3) is 0.652. The van der Waals surface area contributed by atoms with Gasteiger partial charge in [-0.3, -0.25) is 4.79 Å². The third-order valence-electron chi connectivity index (χ3n) is 4.58. The highest BCUT2D eigenvalue weighted by Crippen LogP contribution is 2.41. The van der Waals surface area contributed by atoms with E-state index >= 15 is 0 Å². The highest BCUT2D eigenvalue weighted by Gasteiger charge is 2.32. The summed E-state index contributed by atoms with van der Waals surface area (Å²) in [4.78, 5) is 24.6. The van der Waals surface area contributed by atoms with E-state index in [-0.39, 0.29) is 22.0 Å². The molecule has 1 N–H and O–H groups in total. The minimum absolute atomic E-state index is 0.0821. The molecule has 1 amide bonds. The summed E-state index contributed by atoms with van der Waals surface area (Å²) in [5, 5.41) is 2.79. The first kappa shape index (κ1) is 23.6. The molecule has 29 heavy (non-hydrogen) atoms. The highest BCUT2D eigenvalue weighted by molar-refractivity contribution is 8.01. The van der Waals surface area contributed by atoms with Crippen molar-refractivity contribution in [1.82, 2.24) is 5.32 Å². The second-order valence-corrected chi connectivity index (χ2v) is 11.8. The summed E-state index contributed by atoms with van der Waals surface area (Å²) in [6.45, 7) is 18.0. The summed E-state index contributed by atoms with van der Waals surface area (Å²) in [6, 6.07) is 4.14. The Labute approximate surface area is 179 Å². The van der Waals surface area contributed by atoms with Gasteiger partial charge in [-0.2, -0.15) is 0 Å². The van der Waals surface area contributed by atoms with E-state index in [1.54, 1.807) is 11.8 Å². The molecule has 1 aliphatic rings. The van der Waals surface area contributed by atoms with Crippen molar-refractivity contribution in [3.63, 3.8) is 0 Å². The lowest BCUT2D eigenvalue weighted by atomic mass is 9.78. The fourth-order valence-corrected chi connectivity index (χ4v) is 4.13. The second kappa shape index (κ2) is 8.21. The molecule has 1 aromatic carbocycles. The Morgan fingerprint density at radius 1 is 1.03 bits per heavy atom. The molecule has 1 aromatic rings. The van der Waals surface area contributed by atoms with E-state index in [1.807, 2.05) is 20.8 Å².